The minimum Gasteiger partial charge on any atom is -0.338 e. The third-order valence-corrected chi connectivity index (χ3v) is 4.85. The molecule has 2 bridgehead atoms. The number of fused-ring (bicyclic) bond motifs is 2. The van der Waals surface area contributed by atoms with Gasteiger partial charge in [0.15, 0.2) is 0 Å². The van der Waals surface area contributed by atoms with Crippen LogP contribution in [0.25, 0.3) is 11.5 Å². The number of rotatable bonds is 2. The van der Waals surface area contributed by atoms with Crippen molar-refractivity contribution in [3.63, 3.8) is 0 Å². The molecule has 0 atom stereocenters. The van der Waals surface area contributed by atoms with Crippen LogP contribution in [0.1, 0.15) is 31.6 Å². The number of hydrogen-bond donors (Lipinski definition) is 0. The summed E-state index contributed by atoms with van der Waals surface area (Å²) in [7, 11) is 0. The van der Waals surface area contributed by atoms with Gasteiger partial charge in [-0.25, -0.2) is 0 Å². The Kier molecular flexibility index (Phi) is 3.19. The molecule has 0 spiro atoms. The average Bonchev–Trinajstić information content (AvgIpc) is 2.99. The lowest BCUT2D eigenvalue weighted by Gasteiger charge is -2.44. The Hall–Kier alpha value is -1.46. The first kappa shape index (κ1) is 13.2. The first-order chi connectivity index (χ1) is 10.3. The number of pyridine rings is 1. The van der Waals surface area contributed by atoms with Crippen molar-refractivity contribution in [1.29, 1.82) is 0 Å². The van der Waals surface area contributed by atoms with Gasteiger partial charge in [0.25, 0.3) is 0 Å². The van der Waals surface area contributed by atoms with Crippen LogP contribution in [-0.2, 0) is 5.41 Å². The third kappa shape index (κ3) is 2.34. The quantitative estimate of drug-likeness (QED) is 0.854. The molecule has 0 unspecified atom stereocenters. The predicted octanol–water partition coefficient (Wildman–Crippen LogP) is 2.91. The molecule has 0 N–H and O–H groups in total. The highest BCUT2D eigenvalue weighted by molar-refractivity contribution is 6.30. The Balaban J connectivity index is 1.66. The van der Waals surface area contributed by atoms with Gasteiger partial charge in [0.2, 0.25) is 11.7 Å². The molecule has 2 fully saturated rings. The molecule has 0 radical (unpaired) electrons. The summed E-state index contributed by atoms with van der Waals surface area (Å²) in [5.74, 6) is 1.33. The predicted molar refractivity (Wildman–Crippen MR) is 79.1 cm³/mol. The van der Waals surface area contributed by atoms with Crippen molar-refractivity contribution in [3.8, 4) is 11.5 Å². The molecule has 110 valence electrons. The molecule has 21 heavy (non-hydrogen) atoms. The summed E-state index contributed by atoms with van der Waals surface area (Å²) in [6.07, 6.45) is 6.29. The maximum Gasteiger partial charge on any atom is 0.234 e. The Morgan fingerprint density at radius 3 is 2.71 bits per heavy atom. The molecular weight excluding hydrogens is 288 g/mol. The van der Waals surface area contributed by atoms with Crippen LogP contribution in [0.2, 0.25) is 5.02 Å². The van der Waals surface area contributed by atoms with Gasteiger partial charge in [-0.2, -0.15) is 4.98 Å². The second-order valence-corrected chi connectivity index (χ2v) is 6.48. The molecule has 0 saturated carbocycles. The highest BCUT2D eigenvalue weighted by Crippen LogP contribution is 2.40. The molecule has 2 aliphatic rings. The van der Waals surface area contributed by atoms with E-state index in [0.717, 1.165) is 25.3 Å². The summed E-state index contributed by atoms with van der Waals surface area (Å²) in [5.41, 5.74) is 0.753. The fourth-order valence-corrected chi connectivity index (χ4v) is 3.71. The second kappa shape index (κ2) is 5.07. The first-order valence-corrected chi connectivity index (χ1v) is 7.81. The van der Waals surface area contributed by atoms with Crippen molar-refractivity contribution >= 4 is 11.6 Å². The molecule has 2 saturated heterocycles. The lowest BCUT2D eigenvalue weighted by Crippen LogP contribution is -2.50. The maximum absolute atomic E-state index is 5.86. The summed E-state index contributed by atoms with van der Waals surface area (Å²) >= 11 is 5.86. The van der Waals surface area contributed by atoms with E-state index in [1.54, 1.807) is 12.3 Å². The molecule has 0 aliphatic carbocycles. The van der Waals surface area contributed by atoms with Crippen LogP contribution in [0.3, 0.4) is 0 Å². The molecule has 4 heterocycles. The average molecular weight is 305 g/mol. The summed E-state index contributed by atoms with van der Waals surface area (Å²) in [5, 5.41) is 4.73. The zero-order valence-electron chi connectivity index (χ0n) is 11.8. The van der Waals surface area contributed by atoms with E-state index in [2.05, 4.69) is 20.0 Å². The van der Waals surface area contributed by atoms with Gasteiger partial charge < -0.3 is 9.42 Å². The molecular formula is C15H17ClN4O. The summed E-state index contributed by atoms with van der Waals surface area (Å²) in [6, 6.07) is 3.61. The highest BCUT2D eigenvalue weighted by atomic mass is 35.5. The van der Waals surface area contributed by atoms with Crippen molar-refractivity contribution in [2.75, 3.05) is 19.6 Å². The number of halogens is 1. The van der Waals surface area contributed by atoms with Crippen LogP contribution in [0.15, 0.2) is 22.9 Å². The highest BCUT2D eigenvalue weighted by Gasteiger charge is 2.44. The summed E-state index contributed by atoms with van der Waals surface area (Å²) in [6.45, 7) is 3.44. The molecule has 2 aliphatic heterocycles. The van der Waals surface area contributed by atoms with Gasteiger partial charge in [-0.3, -0.25) is 4.98 Å². The van der Waals surface area contributed by atoms with Gasteiger partial charge in [0, 0.05) is 12.7 Å². The van der Waals surface area contributed by atoms with Crippen molar-refractivity contribution in [2.24, 2.45) is 0 Å². The molecule has 2 aromatic heterocycles. The summed E-state index contributed by atoms with van der Waals surface area (Å²) in [4.78, 5) is 11.4. The van der Waals surface area contributed by atoms with E-state index < -0.39 is 0 Å². The molecule has 0 amide bonds. The van der Waals surface area contributed by atoms with Gasteiger partial charge in [-0.1, -0.05) is 16.8 Å². The Morgan fingerprint density at radius 1 is 1.19 bits per heavy atom. The van der Waals surface area contributed by atoms with Crippen LogP contribution in [0, 0.1) is 0 Å². The lowest BCUT2D eigenvalue weighted by molar-refractivity contribution is 0.0711. The van der Waals surface area contributed by atoms with Gasteiger partial charge in [-0.05, 0) is 50.9 Å². The van der Waals surface area contributed by atoms with E-state index in [-0.39, 0.29) is 5.41 Å². The van der Waals surface area contributed by atoms with Gasteiger partial charge in [-0.15, -0.1) is 0 Å². The van der Waals surface area contributed by atoms with Crippen molar-refractivity contribution in [1.82, 2.24) is 20.0 Å². The topological polar surface area (TPSA) is 55.1 Å². The third-order valence-electron chi connectivity index (χ3n) is 4.62. The van der Waals surface area contributed by atoms with Crippen molar-refractivity contribution < 1.29 is 4.52 Å². The van der Waals surface area contributed by atoms with Gasteiger partial charge in [0.05, 0.1) is 10.4 Å². The Morgan fingerprint density at radius 2 is 2.00 bits per heavy atom. The zero-order chi connectivity index (χ0) is 14.3. The largest absolute Gasteiger partial charge is 0.338 e. The monoisotopic (exact) mass is 304 g/mol. The number of aromatic nitrogens is 3. The Bertz CT molecular complexity index is 629. The van der Waals surface area contributed by atoms with E-state index in [1.807, 2.05) is 6.07 Å². The molecule has 2 aromatic rings. The van der Waals surface area contributed by atoms with E-state index in [4.69, 9.17) is 16.1 Å². The fraction of sp³-hybridized carbons (Fsp3) is 0.533. The first-order valence-electron chi connectivity index (χ1n) is 7.44. The normalized spacial score (nSPS) is 28.5. The van der Waals surface area contributed by atoms with E-state index in [0.29, 0.717) is 16.5 Å². The van der Waals surface area contributed by atoms with Crippen molar-refractivity contribution in [3.05, 3.63) is 29.2 Å². The second-order valence-electron chi connectivity index (χ2n) is 6.05. The van der Waals surface area contributed by atoms with Crippen LogP contribution in [0.5, 0.6) is 0 Å². The summed E-state index contributed by atoms with van der Waals surface area (Å²) < 4.78 is 5.60. The fourth-order valence-electron chi connectivity index (χ4n) is 3.60. The van der Waals surface area contributed by atoms with E-state index >= 15 is 0 Å². The number of piperidine rings is 2. The number of hydrogen-bond acceptors (Lipinski definition) is 5. The molecule has 4 rings (SSSR count). The smallest absolute Gasteiger partial charge is 0.234 e. The van der Waals surface area contributed by atoms with Crippen LogP contribution < -0.4 is 0 Å². The minimum absolute atomic E-state index is 0.0498. The minimum atomic E-state index is 0.0498. The van der Waals surface area contributed by atoms with Crippen LogP contribution in [-0.4, -0.2) is 39.7 Å². The number of nitrogens with zero attached hydrogens (tertiary/aromatic N) is 4. The van der Waals surface area contributed by atoms with Crippen LogP contribution >= 0.6 is 11.6 Å². The van der Waals surface area contributed by atoms with Crippen molar-refractivity contribution in [2.45, 2.75) is 31.1 Å². The molecule has 5 nitrogen and oxygen atoms in total. The standard InChI is InChI=1S/C15H17ClN4O/c16-11-3-4-12(17-9-11)13-18-14(21-19-13)15-5-1-7-20(10-15)8-2-6-15/h3-4,9H,1-2,5-8,10H2. The maximum atomic E-state index is 5.86. The zero-order valence-corrected chi connectivity index (χ0v) is 12.5. The van der Waals surface area contributed by atoms with Gasteiger partial charge >= 0.3 is 0 Å². The SMILES string of the molecule is Clc1ccc(-c2noc(C34CCCN(CCC3)C4)n2)nc1. The van der Waals surface area contributed by atoms with E-state index in [9.17, 15) is 0 Å². The lowest BCUT2D eigenvalue weighted by atomic mass is 9.73. The molecule has 0 aromatic carbocycles. The van der Waals surface area contributed by atoms with E-state index in [1.165, 1.54) is 25.9 Å². The molecule has 6 heteroatoms. The van der Waals surface area contributed by atoms with Crippen LogP contribution in [0.4, 0.5) is 0 Å². The Labute approximate surface area is 128 Å². The van der Waals surface area contributed by atoms with Gasteiger partial charge in [0.1, 0.15) is 5.69 Å².